The summed E-state index contributed by atoms with van der Waals surface area (Å²) in [7, 11) is 0. The number of aromatic hydroxyl groups is 1. The molecule has 0 spiro atoms. The second-order valence-corrected chi connectivity index (χ2v) is 3.89. The fourth-order valence-corrected chi connectivity index (χ4v) is 1.61. The molecule has 0 aliphatic rings. The molecule has 2 N–H and O–H groups in total. The van der Waals surface area contributed by atoms with Gasteiger partial charge in [-0.3, -0.25) is 0 Å². The van der Waals surface area contributed by atoms with Gasteiger partial charge < -0.3 is 10.4 Å². The number of phenols is 1. The van der Waals surface area contributed by atoms with Crippen molar-refractivity contribution in [3.63, 3.8) is 0 Å². The topological polar surface area (TPSA) is 58.0 Å². The predicted molar refractivity (Wildman–Crippen MR) is 65.4 cm³/mol. The maximum absolute atomic E-state index is 9.83. The summed E-state index contributed by atoms with van der Waals surface area (Å²) in [6.07, 6.45) is 3.25. The molecule has 0 atom stereocenters. The van der Waals surface area contributed by atoms with Crippen molar-refractivity contribution >= 4 is 0 Å². The number of nitrogens with zero attached hydrogens (tertiary/aromatic N) is 2. The van der Waals surface area contributed by atoms with Gasteiger partial charge >= 0.3 is 0 Å². The lowest BCUT2D eigenvalue weighted by molar-refractivity contribution is 0.460. The molecule has 2 rings (SSSR count). The highest BCUT2D eigenvalue weighted by Gasteiger charge is 2.02. The first-order valence-electron chi connectivity index (χ1n) is 5.50. The van der Waals surface area contributed by atoms with Crippen molar-refractivity contribution in [2.45, 2.75) is 20.0 Å². The molecule has 2 aromatic rings. The molecule has 0 saturated carbocycles. The molecule has 0 aliphatic carbocycles. The quantitative estimate of drug-likeness (QED) is 0.839. The van der Waals surface area contributed by atoms with Crippen LogP contribution in [0.25, 0.3) is 0 Å². The summed E-state index contributed by atoms with van der Waals surface area (Å²) in [4.78, 5) is 7.97. The van der Waals surface area contributed by atoms with Gasteiger partial charge in [0.05, 0.1) is 5.69 Å². The third-order valence-corrected chi connectivity index (χ3v) is 2.59. The Balaban J connectivity index is 1.93. The van der Waals surface area contributed by atoms with Crippen molar-refractivity contribution in [3.05, 3.63) is 53.6 Å². The molecule has 0 aliphatic heterocycles. The summed E-state index contributed by atoms with van der Waals surface area (Å²) in [5, 5.41) is 13.1. The minimum atomic E-state index is 0.364. The molecule has 0 unspecified atom stereocenters. The Kier molecular flexibility index (Phi) is 3.67. The van der Waals surface area contributed by atoms with Crippen LogP contribution in [0.1, 0.15) is 16.8 Å². The summed E-state index contributed by atoms with van der Waals surface area (Å²) < 4.78 is 0. The highest BCUT2D eigenvalue weighted by molar-refractivity contribution is 5.39. The number of hydrogen-bond donors (Lipinski definition) is 2. The van der Waals surface area contributed by atoms with E-state index in [0.29, 0.717) is 18.8 Å². The zero-order valence-electron chi connectivity index (χ0n) is 9.72. The maximum Gasteiger partial charge on any atom is 0.122 e. The van der Waals surface area contributed by atoms with Crippen molar-refractivity contribution in [1.82, 2.24) is 15.3 Å². The summed E-state index contributed by atoms with van der Waals surface area (Å²) in [5.74, 6) is 0.364. The van der Waals surface area contributed by atoms with Crippen LogP contribution in [0.3, 0.4) is 0 Å². The Labute approximate surface area is 100 Å². The van der Waals surface area contributed by atoms with Crippen LogP contribution in [0.4, 0.5) is 0 Å². The number of aryl methyl sites for hydroxylation is 1. The SMILES string of the molecule is Cc1cccc(CNCc2ccncn2)c1O. The van der Waals surface area contributed by atoms with Crippen LogP contribution in [0.2, 0.25) is 0 Å². The van der Waals surface area contributed by atoms with Crippen molar-refractivity contribution in [1.29, 1.82) is 0 Å². The maximum atomic E-state index is 9.83. The highest BCUT2D eigenvalue weighted by Crippen LogP contribution is 2.20. The van der Waals surface area contributed by atoms with E-state index in [1.807, 2.05) is 31.2 Å². The molecule has 0 bridgehead atoms. The molecule has 1 heterocycles. The number of para-hydroxylation sites is 1. The second kappa shape index (κ2) is 5.41. The van der Waals surface area contributed by atoms with Gasteiger partial charge in [-0.05, 0) is 18.6 Å². The van der Waals surface area contributed by atoms with E-state index in [-0.39, 0.29) is 0 Å². The van der Waals surface area contributed by atoms with E-state index in [2.05, 4.69) is 15.3 Å². The van der Waals surface area contributed by atoms with Gasteiger partial charge in [0, 0.05) is 24.8 Å². The average Bonchev–Trinajstić information content (AvgIpc) is 2.36. The minimum Gasteiger partial charge on any atom is -0.507 e. The smallest absolute Gasteiger partial charge is 0.122 e. The van der Waals surface area contributed by atoms with E-state index in [1.165, 1.54) is 6.33 Å². The Morgan fingerprint density at radius 2 is 2.12 bits per heavy atom. The van der Waals surface area contributed by atoms with E-state index >= 15 is 0 Å². The first kappa shape index (κ1) is 11.5. The minimum absolute atomic E-state index is 0.364. The lowest BCUT2D eigenvalue weighted by Crippen LogP contribution is -2.13. The van der Waals surface area contributed by atoms with E-state index in [1.54, 1.807) is 6.20 Å². The standard InChI is InChI=1S/C13H15N3O/c1-10-3-2-4-11(13(10)17)7-15-8-12-5-6-14-9-16-12/h2-6,9,15,17H,7-8H2,1H3. The van der Waals surface area contributed by atoms with Gasteiger partial charge in [0.15, 0.2) is 0 Å². The lowest BCUT2D eigenvalue weighted by Gasteiger charge is -2.08. The van der Waals surface area contributed by atoms with Gasteiger partial charge in [-0.25, -0.2) is 9.97 Å². The molecular formula is C13H15N3O. The number of nitrogens with one attached hydrogen (secondary N) is 1. The number of rotatable bonds is 4. The van der Waals surface area contributed by atoms with Crippen LogP contribution >= 0.6 is 0 Å². The lowest BCUT2D eigenvalue weighted by atomic mass is 10.1. The van der Waals surface area contributed by atoms with Gasteiger partial charge in [-0.15, -0.1) is 0 Å². The number of phenolic OH excluding ortho intramolecular Hbond substituents is 1. The molecule has 0 amide bonds. The molecule has 4 heteroatoms. The monoisotopic (exact) mass is 229 g/mol. The highest BCUT2D eigenvalue weighted by atomic mass is 16.3. The largest absolute Gasteiger partial charge is 0.507 e. The molecule has 0 fully saturated rings. The fourth-order valence-electron chi connectivity index (χ4n) is 1.61. The summed E-state index contributed by atoms with van der Waals surface area (Å²) in [5.41, 5.74) is 2.73. The van der Waals surface area contributed by atoms with Crippen LogP contribution in [-0.2, 0) is 13.1 Å². The average molecular weight is 229 g/mol. The first-order chi connectivity index (χ1) is 8.27. The van der Waals surface area contributed by atoms with Gasteiger partial charge in [0.25, 0.3) is 0 Å². The molecule has 0 saturated heterocycles. The Hall–Kier alpha value is -1.94. The van der Waals surface area contributed by atoms with E-state index in [9.17, 15) is 5.11 Å². The molecule has 17 heavy (non-hydrogen) atoms. The third kappa shape index (κ3) is 3.01. The van der Waals surface area contributed by atoms with Crippen molar-refractivity contribution in [2.24, 2.45) is 0 Å². The molecule has 4 nitrogen and oxygen atoms in total. The fraction of sp³-hybridized carbons (Fsp3) is 0.231. The molecular weight excluding hydrogens is 214 g/mol. The Bertz CT molecular complexity index is 485. The van der Waals surface area contributed by atoms with Crippen molar-refractivity contribution in [2.75, 3.05) is 0 Å². The zero-order valence-corrected chi connectivity index (χ0v) is 9.72. The van der Waals surface area contributed by atoms with Crippen LogP contribution < -0.4 is 5.32 Å². The number of hydrogen-bond acceptors (Lipinski definition) is 4. The van der Waals surface area contributed by atoms with E-state index in [4.69, 9.17) is 0 Å². The first-order valence-corrected chi connectivity index (χ1v) is 5.50. The molecule has 0 radical (unpaired) electrons. The Morgan fingerprint density at radius 3 is 2.88 bits per heavy atom. The van der Waals surface area contributed by atoms with Crippen LogP contribution in [0, 0.1) is 6.92 Å². The zero-order chi connectivity index (χ0) is 12.1. The Morgan fingerprint density at radius 1 is 1.24 bits per heavy atom. The summed E-state index contributed by atoms with van der Waals surface area (Å²) >= 11 is 0. The van der Waals surface area contributed by atoms with Crippen LogP contribution in [-0.4, -0.2) is 15.1 Å². The van der Waals surface area contributed by atoms with Crippen molar-refractivity contribution in [3.8, 4) is 5.75 Å². The number of benzene rings is 1. The molecule has 1 aromatic carbocycles. The summed E-state index contributed by atoms with van der Waals surface area (Å²) in [6.45, 7) is 3.18. The van der Waals surface area contributed by atoms with Gasteiger partial charge in [0.2, 0.25) is 0 Å². The normalized spacial score (nSPS) is 10.4. The van der Waals surface area contributed by atoms with Crippen LogP contribution in [0.15, 0.2) is 36.8 Å². The van der Waals surface area contributed by atoms with Gasteiger partial charge in [0.1, 0.15) is 12.1 Å². The third-order valence-electron chi connectivity index (χ3n) is 2.59. The van der Waals surface area contributed by atoms with Crippen molar-refractivity contribution < 1.29 is 5.11 Å². The van der Waals surface area contributed by atoms with Crippen LogP contribution in [0.5, 0.6) is 5.75 Å². The van der Waals surface area contributed by atoms with E-state index < -0.39 is 0 Å². The van der Waals surface area contributed by atoms with Gasteiger partial charge in [-0.2, -0.15) is 0 Å². The molecule has 1 aromatic heterocycles. The van der Waals surface area contributed by atoms with Gasteiger partial charge in [-0.1, -0.05) is 18.2 Å². The predicted octanol–water partition coefficient (Wildman–Crippen LogP) is 1.78. The van der Waals surface area contributed by atoms with E-state index in [0.717, 1.165) is 16.8 Å². The summed E-state index contributed by atoms with van der Waals surface area (Å²) in [6, 6.07) is 7.61. The molecule has 88 valence electrons. The second-order valence-electron chi connectivity index (χ2n) is 3.89. The number of aromatic nitrogens is 2.